The molecule has 0 aliphatic carbocycles. The van der Waals surface area contributed by atoms with E-state index in [4.69, 9.17) is 27.9 Å². The molecule has 0 amide bonds. The Morgan fingerprint density at radius 1 is 0.857 bits per heavy atom. The van der Waals surface area contributed by atoms with Crippen molar-refractivity contribution >= 4 is 40.0 Å². The number of rotatable bonds is 3. The molecule has 1 heterocycles. The van der Waals surface area contributed by atoms with E-state index in [1.807, 2.05) is 66.7 Å². The van der Waals surface area contributed by atoms with Crippen LogP contribution < -0.4 is 4.74 Å². The maximum absolute atomic E-state index is 12.7. The first-order chi connectivity index (χ1) is 13.5. The number of halogens is 2. The van der Waals surface area contributed by atoms with E-state index in [1.165, 1.54) is 0 Å². The van der Waals surface area contributed by atoms with Crippen molar-refractivity contribution in [2.75, 3.05) is 7.11 Å². The van der Waals surface area contributed by atoms with Gasteiger partial charge in [-0.2, -0.15) is 0 Å². The Morgan fingerprint density at radius 2 is 1.43 bits per heavy atom. The number of hydrogen-bond donors (Lipinski definition) is 0. The summed E-state index contributed by atoms with van der Waals surface area (Å²) in [6.07, 6.45) is 0. The number of carbonyl (C=O) groups is 1. The summed E-state index contributed by atoms with van der Waals surface area (Å²) in [5, 5.41) is 2.26. The number of aromatic nitrogens is 1. The first-order valence-corrected chi connectivity index (χ1v) is 9.50. The van der Waals surface area contributed by atoms with Crippen LogP contribution in [0.2, 0.25) is 10.0 Å². The topological polar surface area (TPSA) is 31.2 Å². The molecular formula is C23H17Cl2NO2. The van der Waals surface area contributed by atoms with Crippen molar-refractivity contribution < 1.29 is 9.53 Å². The van der Waals surface area contributed by atoms with E-state index >= 15 is 0 Å². The van der Waals surface area contributed by atoms with Crippen LogP contribution in [0.25, 0.3) is 33.3 Å². The lowest BCUT2D eigenvalue weighted by molar-refractivity contribution is 0.0943. The summed E-state index contributed by atoms with van der Waals surface area (Å²) < 4.78 is 7.12. The number of methoxy groups -OCH3 is 1. The lowest BCUT2D eigenvalue weighted by atomic mass is 9.98. The first-order valence-electron chi connectivity index (χ1n) is 8.75. The molecule has 4 rings (SSSR count). The minimum absolute atomic E-state index is 0.0802. The Labute approximate surface area is 173 Å². The lowest BCUT2D eigenvalue weighted by Crippen LogP contribution is -2.07. The summed E-state index contributed by atoms with van der Waals surface area (Å²) in [7, 11) is 1.61. The second-order valence-electron chi connectivity index (χ2n) is 6.47. The van der Waals surface area contributed by atoms with Gasteiger partial charge in [0.1, 0.15) is 5.75 Å². The van der Waals surface area contributed by atoms with Gasteiger partial charge in [-0.3, -0.25) is 9.36 Å². The number of nitrogens with zero attached hydrogens (tertiary/aromatic N) is 1. The molecule has 0 fully saturated rings. The normalized spacial score (nSPS) is 11.0. The van der Waals surface area contributed by atoms with Gasteiger partial charge < -0.3 is 4.74 Å². The average molecular weight is 410 g/mol. The highest BCUT2D eigenvalue weighted by Crippen LogP contribution is 2.42. The average Bonchev–Trinajstić information content (AvgIpc) is 3.03. The number of fused-ring (bicyclic) bond motifs is 1. The highest BCUT2D eigenvalue weighted by molar-refractivity contribution is 6.31. The molecule has 0 unspecified atom stereocenters. The molecule has 0 saturated heterocycles. The maximum atomic E-state index is 12.7. The number of ether oxygens (including phenoxy) is 1. The third kappa shape index (κ3) is 3.17. The van der Waals surface area contributed by atoms with E-state index in [0.29, 0.717) is 15.8 Å². The fourth-order valence-corrected chi connectivity index (χ4v) is 3.76. The molecule has 140 valence electrons. The molecule has 0 atom stereocenters. The number of benzene rings is 3. The number of carbonyl (C=O) groups excluding carboxylic acids is 1. The molecule has 28 heavy (non-hydrogen) atoms. The van der Waals surface area contributed by atoms with Crippen molar-refractivity contribution in [3.8, 4) is 28.1 Å². The van der Waals surface area contributed by atoms with Crippen molar-refractivity contribution in [2.45, 2.75) is 6.92 Å². The van der Waals surface area contributed by atoms with Crippen LogP contribution in [-0.4, -0.2) is 17.6 Å². The van der Waals surface area contributed by atoms with Crippen LogP contribution in [0.1, 0.15) is 11.7 Å². The highest BCUT2D eigenvalue weighted by Gasteiger charge is 2.22. The van der Waals surface area contributed by atoms with Crippen LogP contribution >= 0.6 is 23.2 Å². The summed E-state index contributed by atoms with van der Waals surface area (Å²) in [6, 6.07) is 20.9. The molecule has 0 N–H and O–H groups in total. The van der Waals surface area contributed by atoms with Crippen molar-refractivity contribution in [1.82, 2.24) is 4.57 Å². The third-order valence-corrected chi connectivity index (χ3v) is 5.24. The number of hydrogen-bond acceptors (Lipinski definition) is 2. The predicted molar refractivity (Wildman–Crippen MR) is 116 cm³/mol. The van der Waals surface area contributed by atoms with Gasteiger partial charge in [-0.15, -0.1) is 0 Å². The van der Waals surface area contributed by atoms with Crippen LogP contribution in [0.3, 0.4) is 0 Å². The van der Waals surface area contributed by atoms with E-state index < -0.39 is 0 Å². The van der Waals surface area contributed by atoms with Crippen LogP contribution in [0.5, 0.6) is 5.75 Å². The van der Waals surface area contributed by atoms with Crippen molar-refractivity contribution in [1.29, 1.82) is 0 Å². The first kappa shape index (κ1) is 18.6. The zero-order chi connectivity index (χ0) is 19.8. The maximum Gasteiger partial charge on any atom is 0.228 e. The lowest BCUT2D eigenvalue weighted by Gasteiger charge is -2.10. The Morgan fingerprint density at radius 3 is 1.96 bits per heavy atom. The summed E-state index contributed by atoms with van der Waals surface area (Å²) in [5.41, 5.74) is 4.45. The Bertz CT molecular complexity index is 1180. The highest BCUT2D eigenvalue weighted by atomic mass is 35.5. The van der Waals surface area contributed by atoms with Crippen molar-refractivity contribution in [2.24, 2.45) is 0 Å². The van der Waals surface area contributed by atoms with E-state index in [1.54, 1.807) is 18.6 Å². The van der Waals surface area contributed by atoms with Crippen molar-refractivity contribution in [3.63, 3.8) is 0 Å². The minimum Gasteiger partial charge on any atom is -0.497 e. The molecule has 0 aliphatic heterocycles. The molecule has 0 radical (unpaired) electrons. The molecule has 3 aromatic carbocycles. The monoisotopic (exact) mass is 409 g/mol. The van der Waals surface area contributed by atoms with Gasteiger partial charge in [-0.1, -0.05) is 47.5 Å². The minimum atomic E-state index is -0.0802. The fraction of sp³-hybridized carbons (Fsp3) is 0.0870. The van der Waals surface area contributed by atoms with Gasteiger partial charge in [0.15, 0.2) is 0 Å². The van der Waals surface area contributed by atoms with Gasteiger partial charge in [-0.05, 0) is 47.5 Å². The van der Waals surface area contributed by atoms with Gasteiger partial charge in [0.25, 0.3) is 0 Å². The third-order valence-electron chi connectivity index (χ3n) is 4.74. The fourth-order valence-electron chi connectivity index (χ4n) is 3.51. The smallest absolute Gasteiger partial charge is 0.228 e. The summed E-state index contributed by atoms with van der Waals surface area (Å²) in [4.78, 5) is 12.7. The van der Waals surface area contributed by atoms with Crippen LogP contribution in [0.15, 0.2) is 66.7 Å². The summed E-state index contributed by atoms with van der Waals surface area (Å²) >= 11 is 12.2. The van der Waals surface area contributed by atoms with Crippen LogP contribution in [-0.2, 0) is 0 Å². The molecular weight excluding hydrogens is 393 g/mol. The Hall–Kier alpha value is -2.75. The molecule has 0 bridgehead atoms. The molecule has 5 heteroatoms. The zero-order valence-electron chi connectivity index (χ0n) is 15.4. The van der Waals surface area contributed by atoms with Gasteiger partial charge in [-0.25, -0.2) is 0 Å². The van der Waals surface area contributed by atoms with E-state index in [9.17, 15) is 4.79 Å². The summed E-state index contributed by atoms with van der Waals surface area (Å²) in [6.45, 7) is 1.56. The Balaban J connectivity index is 2.15. The van der Waals surface area contributed by atoms with Gasteiger partial charge >= 0.3 is 0 Å². The second kappa shape index (κ2) is 7.34. The van der Waals surface area contributed by atoms with Gasteiger partial charge in [0, 0.05) is 34.0 Å². The molecule has 1 aromatic heterocycles. The van der Waals surface area contributed by atoms with Gasteiger partial charge in [0.05, 0.1) is 18.3 Å². The largest absolute Gasteiger partial charge is 0.497 e. The van der Waals surface area contributed by atoms with E-state index in [2.05, 4.69) is 0 Å². The Kier molecular flexibility index (Phi) is 4.88. The molecule has 3 nitrogen and oxygen atoms in total. The zero-order valence-corrected chi connectivity index (χ0v) is 16.9. The van der Waals surface area contributed by atoms with E-state index in [-0.39, 0.29) is 5.91 Å². The quantitative estimate of drug-likeness (QED) is 0.366. The van der Waals surface area contributed by atoms with Crippen LogP contribution in [0.4, 0.5) is 0 Å². The standard InChI is InChI=1S/C23H17Cl2NO2/c1-14(27)26-21-13-19(28-2)11-12-20(21)22(15-3-7-17(24)8-4-15)23(26)16-5-9-18(25)10-6-16/h3-13H,1-2H3. The van der Waals surface area contributed by atoms with E-state index in [0.717, 1.165) is 33.3 Å². The second-order valence-corrected chi connectivity index (χ2v) is 7.35. The molecule has 0 saturated carbocycles. The molecule has 4 aromatic rings. The van der Waals surface area contributed by atoms with Crippen LogP contribution in [0, 0.1) is 0 Å². The molecule has 0 aliphatic rings. The van der Waals surface area contributed by atoms with Crippen molar-refractivity contribution in [3.05, 3.63) is 76.8 Å². The predicted octanol–water partition coefficient (Wildman–Crippen LogP) is 6.95. The van der Waals surface area contributed by atoms with Gasteiger partial charge in [0.2, 0.25) is 5.91 Å². The summed E-state index contributed by atoms with van der Waals surface area (Å²) in [5.74, 6) is 0.612. The molecule has 0 spiro atoms. The SMILES string of the molecule is COc1ccc2c(-c3ccc(Cl)cc3)c(-c3ccc(Cl)cc3)n(C(C)=O)c2c1.